The number of nitrogens with zero attached hydrogens (tertiary/aromatic N) is 3. The van der Waals surface area contributed by atoms with Gasteiger partial charge in [0.05, 0.1) is 0 Å². The van der Waals surface area contributed by atoms with E-state index in [1.165, 1.54) is 0 Å². The maximum atomic E-state index is 12.4. The van der Waals surface area contributed by atoms with Crippen molar-refractivity contribution in [1.29, 1.82) is 0 Å². The molecule has 114 valence electrons. The predicted octanol–water partition coefficient (Wildman–Crippen LogP) is 1.66. The number of hydrogen-bond donors (Lipinski definition) is 1. The highest BCUT2D eigenvalue weighted by Crippen LogP contribution is 2.33. The van der Waals surface area contributed by atoms with Crippen LogP contribution in [-0.2, 0) is 4.79 Å². The van der Waals surface area contributed by atoms with Gasteiger partial charge in [-0.15, -0.1) is 0 Å². The van der Waals surface area contributed by atoms with Crippen LogP contribution in [0.3, 0.4) is 0 Å². The van der Waals surface area contributed by atoms with Gasteiger partial charge in [-0.3, -0.25) is 9.59 Å². The van der Waals surface area contributed by atoms with Crippen LogP contribution in [0.1, 0.15) is 44.6 Å². The van der Waals surface area contributed by atoms with E-state index in [4.69, 9.17) is 5.11 Å². The predicted molar refractivity (Wildman–Crippen MR) is 78.6 cm³/mol. The summed E-state index contributed by atoms with van der Waals surface area (Å²) in [5.74, 6) is 0.280. The zero-order chi connectivity index (χ0) is 14.8. The van der Waals surface area contributed by atoms with E-state index in [0.29, 0.717) is 17.8 Å². The molecule has 0 aromatic carbocycles. The maximum absolute atomic E-state index is 12.4. The van der Waals surface area contributed by atoms with Crippen LogP contribution < -0.4 is 10.5 Å². The topological polar surface area (TPSA) is 75.4 Å². The number of anilines is 1. The number of carboxylic acid groups (broad SMARTS) is 1. The fourth-order valence-corrected chi connectivity index (χ4v) is 3.03. The molecule has 0 radical (unpaired) electrons. The molecule has 1 aliphatic heterocycles. The van der Waals surface area contributed by atoms with E-state index in [2.05, 4.69) is 9.88 Å². The van der Waals surface area contributed by atoms with Crippen molar-refractivity contribution in [3.63, 3.8) is 0 Å². The van der Waals surface area contributed by atoms with Crippen LogP contribution >= 0.6 is 0 Å². The molecule has 2 aliphatic rings. The van der Waals surface area contributed by atoms with Gasteiger partial charge in [-0.05, 0) is 38.0 Å². The lowest BCUT2D eigenvalue weighted by Crippen LogP contribution is -2.39. The Morgan fingerprint density at radius 1 is 1.29 bits per heavy atom. The first kappa shape index (κ1) is 14.1. The van der Waals surface area contributed by atoms with E-state index in [1.54, 1.807) is 17.0 Å². The Kier molecular flexibility index (Phi) is 3.94. The number of piperidine rings is 1. The van der Waals surface area contributed by atoms with Gasteiger partial charge in [0.1, 0.15) is 0 Å². The molecule has 2 fully saturated rings. The van der Waals surface area contributed by atoms with Crippen LogP contribution in [0.2, 0.25) is 0 Å². The highest BCUT2D eigenvalue weighted by molar-refractivity contribution is 5.66. The quantitative estimate of drug-likeness (QED) is 0.893. The molecule has 1 aromatic rings. The molecular formula is C15H21N3O3. The fourth-order valence-electron chi connectivity index (χ4n) is 3.03. The Morgan fingerprint density at radius 2 is 2.00 bits per heavy atom. The lowest BCUT2D eigenvalue weighted by Gasteiger charge is -2.32. The number of rotatable bonds is 5. The molecule has 0 spiro atoms. The third kappa shape index (κ3) is 3.25. The Hall–Kier alpha value is -1.85. The molecule has 0 bridgehead atoms. The van der Waals surface area contributed by atoms with E-state index in [0.717, 1.165) is 45.2 Å². The number of aromatic nitrogens is 2. The zero-order valence-corrected chi connectivity index (χ0v) is 12.1. The summed E-state index contributed by atoms with van der Waals surface area (Å²) in [5, 5.41) is 8.73. The second-order valence-electron chi connectivity index (χ2n) is 6.06. The highest BCUT2D eigenvalue weighted by Gasteiger charge is 2.27. The van der Waals surface area contributed by atoms with E-state index in [1.807, 2.05) is 0 Å². The number of hydrogen-bond acceptors (Lipinski definition) is 4. The van der Waals surface area contributed by atoms with E-state index in [9.17, 15) is 9.59 Å². The van der Waals surface area contributed by atoms with Crippen molar-refractivity contribution in [3.05, 3.63) is 22.7 Å². The van der Waals surface area contributed by atoms with Gasteiger partial charge in [0, 0.05) is 37.9 Å². The van der Waals surface area contributed by atoms with E-state index >= 15 is 0 Å². The summed E-state index contributed by atoms with van der Waals surface area (Å²) in [6.45, 7) is 1.59. The monoisotopic (exact) mass is 291 g/mol. The minimum atomic E-state index is -0.727. The molecule has 1 aromatic heterocycles. The van der Waals surface area contributed by atoms with Crippen molar-refractivity contribution in [2.24, 2.45) is 5.92 Å². The highest BCUT2D eigenvalue weighted by atomic mass is 16.4. The van der Waals surface area contributed by atoms with Crippen molar-refractivity contribution >= 4 is 11.8 Å². The smallest absolute Gasteiger partial charge is 0.303 e. The van der Waals surface area contributed by atoms with Crippen LogP contribution in [0.5, 0.6) is 0 Å². The first-order valence-electron chi connectivity index (χ1n) is 7.69. The second kappa shape index (κ2) is 5.87. The molecule has 0 atom stereocenters. The van der Waals surface area contributed by atoms with Crippen molar-refractivity contribution in [2.75, 3.05) is 18.0 Å². The minimum Gasteiger partial charge on any atom is -0.481 e. The summed E-state index contributed by atoms with van der Waals surface area (Å²) in [6.07, 6.45) is 8.51. The fraction of sp³-hybridized carbons (Fsp3) is 0.667. The first-order valence-corrected chi connectivity index (χ1v) is 7.69. The largest absolute Gasteiger partial charge is 0.481 e. The number of carboxylic acids is 1. The van der Waals surface area contributed by atoms with E-state index in [-0.39, 0.29) is 12.0 Å². The van der Waals surface area contributed by atoms with Crippen LogP contribution in [0.4, 0.5) is 5.82 Å². The van der Waals surface area contributed by atoms with Gasteiger partial charge in [0.25, 0.3) is 5.56 Å². The average molecular weight is 291 g/mol. The number of carbonyl (C=O) groups is 1. The summed E-state index contributed by atoms with van der Waals surface area (Å²) < 4.78 is 1.80. The van der Waals surface area contributed by atoms with Crippen molar-refractivity contribution < 1.29 is 9.90 Å². The normalized spacial score (nSPS) is 19.7. The van der Waals surface area contributed by atoms with Gasteiger partial charge in [-0.25, -0.2) is 4.98 Å². The molecule has 0 amide bonds. The SMILES string of the molecule is O=C(O)CCC1CCN(c2nccn(C3CC3)c2=O)CC1. The van der Waals surface area contributed by atoms with Crippen LogP contribution in [0.25, 0.3) is 0 Å². The zero-order valence-electron chi connectivity index (χ0n) is 12.1. The third-order valence-electron chi connectivity index (χ3n) is 4.47. The first-order chi connectivity index (χ1) is 10.1. The Bertz CT molecular complexity index is 572. The van der Waals surface area contributed by atoms with Crippen LogP contribution in [0, 0.1) is 5.92 Å². The molecule has 0 unspecified atom stereocenters. The van der Waals surface area contributed by atoms with Gasteiger partial charge in [0.2, 0.25) is 0 Å². The summed E-state index contributed by atoms with van der Waals surface area (Å²) in [7, 11) is 0. The van der Waals surface area contributed by atoms with Gasteiger partial charge in [0.15, 0.2) is 5.82 Å². The van der Waals surface area contributed by atoms with Crippen molar-refractivity contribution in [1.82, 2.24) is 9.55 Å². The third-order valence-corrected chi connectivity index (χ3v) is 4.47. The van der Waals surface area contributed by atoms with Crippen LogP contribution in [-0.4, -0.2) is 33.7 Å². The molecule has 6 nitrogen and oxygen atoms in total. The lowest BCUT2D eigenvalue weighted by atomic mass is 9.92. The molecular weight excluding hydrogens is 270 g/mol. The number of aliphatic carboxylic acids is 1. The Labute approximate surface area is 123 Å². The lowest BCUT2D eigenvalue weighted by molar-refractivity contribution is -0.137. The summed E-state index contributed by atoms with van der Waals surface area (Å²) in [6, 6.07) is 0.368. The summed E-state index contributed by atoms with van der Waals surface area (Å²) in [4.78, 5) is 29.4. The minimum absolute atomic E-state index is 0.0176. The average Bonchev–Trinajstić information content (AvgIpc) is 3.31. The van der Waals surface area contributed by atoms with Crippen LogP contribution in [0.15, 0.2) is 17.2 Å². The maximum Gasteiger partial charge on any atom is 0.303 e. The van der Waals surface area contributed by atoms with Crippen molar-refractivity contribution in [2.45, 2.75) is 44.6 Å². The molecule has 1 aliphatic carbocycles. The van der Waals surface area contributed by atoms with E-state index < -0.39 is 5.97 Å². The standard InChI is InChI=1S/C15H21N3O3/c19-13(20)4-1-11-5-8-17(9-6-11)14-15(21)18(10-7-16-14)12-2-3-12/h7,10-12H,1-6,8-9H2,(H,19,20). The molecule has 1 saturated carbocycles. The molecule has 3 rings (SSSR count). The molecule has 6 heteroatoms. The second-order valence-corrected chi connectivity index (χ2v) is 6.06. The Balaban J connectivity index is 1.63. The van der Waals surface area contributed by atoms with Gasteiger partial charge in [-0.2, -0.15) is 0 Å². The summed E-state index contributed by atoms with van der Waals surface area (Å²) >= 11 is 0. The molecule has 2 heterocycles. The molecule has 21 heavy (non-hydrogen) atoms. The van der Waals surface area contributed by atoms with Gasteiger partial charge in [-0.1, -0.05) is 0 Å². The molecule has 1 saturated heterocycles. The summed E-state index contributed by atoms with van der Waals surface area (Å²) in [5.41, 5.74) is 0.0176. The molecule has 1 N–H and O–H groups in total. The Morgan fingerprint density at radius 3 is 2.62 bits per heavy atom. The van der Waals surface area contributed by atoms with Gasteiger partial charge >= 0.3 is 5.97 Å². The van der Waals surface area contributed by atoms with Gasteiger partial charge < -0.3 is 14.6 Å². The van der Waals surface area contributed by atoms with Crippen molar-refractivity contribution in [3.8, 4) is 0 Å².